The maximum Gasteiger partial charge on any atom is 0.227 e. The first kappa shape index (κ1) is 16.8. The van der Waals surface area contributed by atoms with Crippen molar-refractivity contribution in [2.24, 2.45) is 7.05 Å². The van der Waals surface area contributed by atoms with Gasteiger partial charge in [0.15, 0.2) is 11.8 Å². The summed E-state index contributed by atoms with van der Waals surface area (Å²) in [6.07, 6.45) is 3.04. The van der Waals surface area contributed by atoms with Gasteiger partial charge >= 0.3 is 0 Å². The number of rotatable bonds is 3. The van der Waals surface area contributed by atoms with Crippen molar-refractivity contribution in [3.05, 3.63) is 59.4 Å². The van der Waals surface area contributed by atoms with Crippen LogP contribution in [-0.2, 0) is 13.5 Å². The van der Waals surface area contributed by atoms with Gasteiger partial charge in [-0.15, -0.1) is 0 Å². The summed E-state index contributed by atoms with van der Waals surface area (Å²) in [4.78, 5) is 4.69. The van der Waals surface area contributed by atoms with Crippen molar-refractivity contribution in [3.63, 3.8) is 0 Å². The van der Waals surface area contributed by atoms with Crippen LogP contribution >= 0.6 is 0 Å². The predicted octanol–water partition coefficient (Wildman–Crippen LogP) is 5.47. The molecule has 0 spiro atoms. The summed E-state index contributed by atoms with van der Waals surface area (Å²) in [6.45, 7) is 8.71. The Balaban J connectivity index is 2.06. The average Bonchev–Trinajstić information content (AvgIpc) is 2.99. The Hall–Kier alpha value is -2.68. The van der Waals surface area contributed by atoms with Crippen molar-refractivity contribution in [2.75, 3.05) is 0 Å². The lowest BCUT2D eigenvalue weighted by molar-refractivity contribution is -0.660. The van der Waals surface area contributed by atoms with Crippen molar-refractivity contribution in [1.82, 2.24) is 4.98 Å². The molecule has 0 bridgehead atoms. The lowest BCUT2D eigenvalue weighted by Gasteiger charge is -2.09. The normalized spacial score (nSPS) is 11.8. The third kappa shape index (κ3) is 2.59. The van der Waals surface area contributed by atoms with Crippen LogP contribution in [0.5, 0.6) is 0 Å². The molecule has 0 aliphatic carbocycles. The molecular weight excluding hydrogens is 320 g/mol. The molecule has 3 heteroatoms. The first-order valence-electron chi connectivity index (χ1n) is 9.31. The van der Waals surface area contributed by atoms with E-state index in [-0.39, 0.29) is 0 Å². The number of fused-ring (bicyclic) bond motifs is 3. The number of pyridine rings is 2. The number of hydrogen-bond acceptors (Lipinski definition) is 2. The van der Waals surface area contributed by atoms with Crippen LogP contribution in [0.2, 0.25) is 0 Å². The fraction of sp³-hybridized carbons (Fsp3) is 0.304. The second-order valence-electron chi connectivity index (χ2n) is 7.36. The van der Waals surface area contributed by atoms with Gasteiger partial charge in [0.25, 0.3) is 0 Å². The van der Waals surface area contributed by atoms with Gasteiger partial charge in [-0.3, -0.25) is 0 Å². The Morgan fingerprint density at radius 2 is 1.85 bits per heavy atom. The molecule has 3 heterocycles. The Morgan fingerprint density at radius 1 is 1.08 bits per heavy atom. The highest BCUT2D eigenvalue weighted by Crippen LogP contribution is 2.36. The van der Waals surface area contributed by atoms with Gasteiger partial charge in [-0.1, -0.05) is 32.9 Å². The number of aryl methyl sites for hydroxylation is 3. The third-order valence-corrected chi connectivity index (χ3v) is 5.23. The van der Waals surface area contributed by atoms with Crippen LogP contribution in [0.4, 0.5) is 0 Å². The van der Waals surface area contributed by atoms with E-state index in [0.717, 1.165) is 39.7 Å². The maximum absolute atomic E-state index is 6.29. The molecule has 4 rings (SSSR count). The van der Waals surface area contributed by atoms with Crippen LogP contribution in [0.3, 0.4) is 0 Å². The van der Waals surface area contributed by atoms with Gasteiger partial charge in [0.1, 0.15) is 7.05 Å². The molecular formula is C23H25N2O+. The smallest absolute Gasteiger partial charge is 0.227 e. The lowest BCUT2D eigenvalue weighted by Crippen LogP contribution is -2.31. The van der Waals surface area contributed by atoms with Crippen LogP contribution in [0, 0.1) is 6.92 Å². The van der Waals surface area contributed by atoms with E-state index >= 15 is 0 Å². The molecule has 26 heavy (non-hydrogen) atoms. The molecule has 0 amide bonds. The Bertz CT molecular complexity index is 1120. The number of aromatic nitrogens is 2. The van der Waals surface area contributed by atoms with Crippen molar-refractivity contribution >= 4 is 22.1 Å². The van der Waals surface area contributed by atoms with Crippen LogP contribution < -0.4 is 4.57 Å². The fourth-order valence-corrected chi connectivity index (χ4v) is 3.57. The van der Waals surface area contributed by atoms with Crippen LogP contribution in [0.25, 0.3) is 33.3 Å². The summed E-state index contributed by atoms with van der Waals surface area (Å²) in [5.74, 6) is 0.485. The quantitative estimate of drug-likeness (QED) is 0.461. The van der Waals surface area contributed by atoms with E-state index in [1.807, 2.05) is 0 Å². The van der Waals surface area contributed by atoms with Crippen LogP contribution in [0.1, 0.15) is 43.5 Å². The predicted molar refractivity (Wildman–Crippen MR) is 106 cm³/mol. The molecule has 0 fully saturated rings. The summed E-state index contributed by atoms with van der Waals surface area (Å²) < 4.78 is 8.46. The van der Waals surface area contributed by atoms with E-state index in [4.69, 9.17) is 9.40 Å². The first-order chi connectivity index (χ1) is 12.5. The standard InChI is InChI=1S/C23H25N2O/c1-6-17-8-10-19-18-9-7-15(4)21(22(18)26-23(19)24-17)20-13-16(14(2)3)11-12-25(20)5/h7-14H,6H2,1-5H3/q+1. The van der Waals surface area contributed by atoms with Gasteiger partial charge in [0, 0.05) is 28.6 Å². The summed E-state index contributed by atoms with van der Waals surface area (Å²) in [6, 6.07) is 13.0. The third-order valence-electron chi connectivity index (χ3n) is 5.23. The molecule has 132 valence electrons. The molecule has 1 aromatic carbocycles. The summed E-state index contributed by atoms with van der Waals surface area (Å²) in [5.41, 5.74) is 7.59. The summed E-state index contributed by atoms with van der Waals surface area (Å²) >= 11 is 0. The minimum absolute atomic E-state index is 0.485. The van der Waals surface area contributed by atoms with Crippen molar-refractivity contribution in [3.8, 4) is 11.3 Å². The van der Waals surface area contributed by atoms with E-state index in [2.05, 4.69) is 81.9 Å². The van der Waals surface area contributed by atoms with E-state index in [1.54, 1.807) is 0 Å². The average molecular weight is 345 g/mol. The van der Waals surface area contributed by atoms with Gasteiger partial charge in [-0.05, 0) is 42.5 Å². The zero-order valence-electron chi connectivity index (χ0n) is 16.1. The second kappa shape index (κ2) is 6.24. The topological polar surface area (TPSA) is 29.9 Å². The number of benzene rings is 1. The largest absolute Gasteiger partial charge is 0.437 e. The molecule has 0 aliphatic rings. The Kier molecular flexibility index (Phi) is 4.03. The highest BCUT2D eigenvalue weighted by Gasteiger charge is 2.21. The highest BCUT2D eigenvalue weighted by molar-refractivity contribution is 6.08. The van der Waals surface area contributed by atoms with Gasteiger partial charge in [-0.25, -0.2) is 9.55 Å². The molecule has 3 aromatic heterocycles. The maximum atomic E-state index is 6.29. The van der Waals surface area contributed by atoms with Crippen molar-refractivity contribution < 1.29 is 8.98 Å². The van der Waals surface area contributed by atoms with Crippen LogP contribution in [-0.4, -0.2) is 4.98 Å². The molecule has 0 N–H and O–H groups in total. The first-order valence-corrected chi connectivity index (χ1v) is 9.31. The molecule has 0 saturated heterocycles. The number of hydrogen-bond donors (Lipinski definition) is 0. The minimum Gasteiger partial charge on any atom is -0.437 e. The fourth-order valence-electron chi connectivity index (χ4n) is 3.57. The van der Waals surface area contributed by atoms with Crippen LogP contribution in [0.15, 0.2) is 47.0 Å². The van der Waals surface area contributed by atoms with Crippen molar-refractivity contribution in [1.29, 1.82) is 0 Å². The minimum atomic E-state index is 0.485. The lowest BCUT2D eigenvalue weighted by atomic mass is 9.97. The van der Waals surface area contributed by atoms with E-state index in [0.29, 0.717) is 5.92 Å². The SMILES string of the molecule is CCc1ccc2c(n1)oc1c(-c3cc(C(C)C)cc[n+]3C)c(C)ccc12. The molecule has 0 aliphatic heterocycles. The molecule has 0 radical (unpaired) electrons. The molecule has 0 atom stereocenters. The zero-order chi connectivity index (χ0) is 18.4. The van der Waals surface area contributed by atoms with Gasteiger partial charge < -0.3 is 4.42 Å². The molecule has 3 nitrogen and oxygen atoms in total. The monoisotopic (exact) mass is 345 g/mol. The number of nitrogens with zero attached hydrogens (tertiary/aromatic N) is 2. The zero-order valence-corrected chi connectivity index (χ0v) is 16.1. The van der Waals surface area contributed by atoms with E-state index in [9.17, 15) is 0 Å². The highest BCUT2D eigenvalue weighted by atomic mass is 16.3. The summed E-state index contributed by atoms with van der Waals surface area (Å²) in [7, 11) is 2.09. The molecule has 0 saturated carbocycles. The van der Waals surface area contributed by atoms with E-state index < -0.39 is 0 Å². The molecule has 0 unspecified atom stereocenters. The van der Waals surface area contributed by atoms with Gasteiger partial charge in [-0.2, -0.15) is 0 Å². The van der Waals surface area contributed by atoms with Crippen molar-refractivity contribution in [2.45, 2.75) is 40.0 Å². The Morgan fingerprint density at radius 3 is 2.58 bits per heavy atom. The van der Waals surface area contributed by atoms with Gasteiger partial charge in [0.05, 0.1) is 5.56 Å². The second-order valence-corrected chi connectivity index (χ2v) is 7.36. The van der Waals surface area contributed by atoms with E-state index in [1.165, 1.54) is 16.8 Å². The van der Waals surface area contributed by atoms with Gasteiger partial charge in [0.2, 0.25) is 11.4 Å². The Labute approximate surface area is 154 Å². The number of furan rings is 1. The molecule has 4 aromatic rings. The summed E-state index contributed by atoms with van der Waals surface area (Å²) in [5, 5.41) is 2.21.